The van der Waals surface area contributed by atoms with Crippen LogP contribution in [0.5, 0.6) is 11.5 Å². The second-order valence-electron chi connectivity index (χ2n) is 7.56. The first-order chi connectivity index (χ1) is 14.1. The highest BCUT2D eigenvalue weighted by molar-refractivity contribution is 5.85. The van der Waals surface area contributed by atoms with E-state index in [4.69, 9.17) is 9.47 Å². The predicted molar refractivity (Wildman–Crippen MR) is 109 cm³/mol. The van der Waals surface area contributed by atoms with Gasteiger partial charge in [0.15, 0.2) is 11.5 Å². The van der Waals surface area contributed by atoms with Crippen LogP contribution >= 0.6 is 0 Å². The van der Waals surface area contributed by atoms with Crippen LogP contribution in [-0.4, -0.2) is 40.8 Å². The lowest BCUT2D eigenvalue weighted by Gasteiger charge is -2.29. The van der Waals surface area contributed by atoms with Crippen molar-refractivity contribution in [2.75, 3.05) is 19.9 Å². The molecule has 1 fully saturated rings. The Morgan fingerprint density at radius 3 is 2.69 bits per heavy atom. The summed E-state index contributed by atoms with van der Waals surface area (Å²) < 4.78 is 10.7. The van der Waals surface area contributed by atoms with Crippen LogP contribution in [0, 0.1) is 6.92 Å². The number of hydrogen-bond acceptors (Lipinski definition) is 5. The van der Waals surface area contributed by atoms with Gasteiger partial charge in [0.05, 0.1) is 17.7 Å². The van der Waals surface area contributed by atoms with Gasteiger partial charge in [0.1, 0.15) is 0 Å². The largest absolute Gasteiger partial charge is 0.454 e. The summed E-state index contributed by atoms with van der Waals surface area (Å²) in [5.74, 6) is 0.817. The number of pyridine rings is 1. The summed E-state index contributed by atoms with van der Waals surface area (Å²) in [7, 11) is 0. The highest BCUT2D eigenvalue weighted by atomic mass is 16.7. The lowest BCUT2D eigenvalue weighted by Crippen LogP contribution is -2.38. The molecule has 0 aliphatic carbocycles. The Bertz CT molecular complexity index is 906. The molecule has 1 amide bonds. The maximum atomic E-state index is 13.2. The van der Waals surface area contributed by atoms with Crippen LogP contribution in [-0.2, 0) is 4.79 Å². The number of rotatable bonds is 5. The molecule has 1 aromatic heterocycles. The summed E-state index contributed by atoms with van der Waals surface area (Å²) in [6.07, 6.45) is 7.53. The van der Waals surface area contributed by atoms with Gasteiger partial charge in [-0.15, -0.1) is 0 Å². The lowest BCUT2D eigenvalue weighted by atomic mass is 9.97. The molecule has 6 heteroatoms. The Hall–Kier alpha value is -2.86. The van der Waals surface area contributed by atoms with Crippen LogP contribution in [0.15, 0.2) is 48.7 Å². The number of piperidine rings is 1. The second kappa shape index (κ2) is 8.66. The molecule has 29 heavy (non-hydrogen) atoms. The van der Waals surface area contributed by atoms with E-state index in [0.717, 1.165) is 37.9 Å². The fraction of sp³-hybridized carbons (Fsp3) is 0.391. The Kier molecular flexibility index (Phi) is 5.81. The molecule has 1 aromatic carbocycles. The maximum Gasteiger partial charge on any atom is 0.235 e. The van der Waals surface area contributed by atoms with E-state index in [-0.39, 0.29) is 12.7 Å². The third-order valence-corrected chi connectivity index (χ3v) is 5.41. The van der Waals surface area contributed by atoms with Crippen LogP contribution in [0.25, 0.3) is 0 Å². The number of aryl methyl sites for hydroxylation is 1. The van der Waals surface area contributed by atoms with Crippen LogP contribution in [0.1, 0.15) is 48.1 Å². The van der Waals surface area contributed by atoms with Crippen LogP contribution in [0.4, 0.5) is 0 Å². The average Bonchev–Trinajstić information content (AvgIpc) is 3.22. The first-order valence-electron chi connectivity index (χ1n) is 10.1. The minimum absolute atomic E-state index is 0.0388. The zero-order valence-corrected chi connectivity index (χ0v) is 16.6. The van der Waals surface area contributed by atoms with E-state index < -0.39 is 12.0 Å². The van der Waals surface area contributed by atoms with Crippen molar-refractivity contribution in [2.24, 2.45) is 0 Å². The number of aliphatic hydroxyl groups is 1. The SMILES string of the molecule is Cc1ccnc([C@@H](/C=C\[C@H](O)c2ccc3c(c2)OCO3)C(=O)N2CCCCC2)c1. The number of aliphatic hydroxyl groups excluding tert-OH is 1. The number of carbonyl (C=O) groups excluding carboxylic acids is 1. The molecule has 0 saturated carbocycles. The molecule has 2 atom stereocenters. The molecule has 2 aliphatic rings. The molecular weight excluding hydrogens is 368 g/mol. The van der Waals surface area contributed by atoms with Gasteiger partial charge in [-0.1, -0.05) is 18.2 Å². The van der Waals surface area contributed by atoms with Crippen LogP contribution < -0.4 is 9.47 Å². The quantitative estimate of drug-likeness (QED) is 0.786. The monoisotopic (exact) mass is 394 g/mol. The highest BCUT2D eigenvalue weighted by Crippen LogP contribution is 2.34. The average molecular weight is 394 g/mol. The number of aromatic nitrogens is 1. The van der Waals surface area contributed by atoms with E-state index in [1.807, 2.05) is 24.0 Å². The number of benzene rings is 1. The minimum Gasteiger partial charge on any atom is -0.454 e. The number of hydrogen-bond donors (Lipinski definition) is 1. The molecule has 3 heterocycles. The first-order valence-corrected chi connectivity index (χ1v) is 10.1. The molecule has 0 spiro atoms. The van der Waals surface area contributed by atoms with Crippen molar-refractivity contribution in [2.45, 2.75) is 38.2 Å². The van der Waals surface area contributed by atoms with Crippen molar-refractivity contribution in [1.82, 2.24) is 9.88 Å². The third kappa shape index (κ3) is 4.43. The molecule has 1 saturated heterocycles. The zero-order chi connectivity index (χ0) is 20.2. The van der Waals surface area contributed by atoms with E-state index in [1.54, 1.807) is 36.5 Å². The van der Waals surface area contributed by atoms with E-state index in [2.05, 4.69) is 4.98 Å². The second-order valence-corrected chi connectivity index (χ2v) is 7.56. The molecule has 4 rings (SSSR count). The van der Waals surface area contributed by atoms with Crippen molar-refractivity contribution in [3.63, 3.8) is 0 Å². The van der Waals surface area contributed by atoms with Gasteiger partial charge in [-0.2, -0.15) is 0 Å². The summed E-state index contributed by atoms with van der Waals surface area (Å²) in [5.41, 5.74) is 2.44. The third-order valence-electron chi connectivity index (χ3n) is 5.41. The molecular formula is C23H26N2O4. The van der Waals surface area contributed by atoms with Crippen molar-refractivity contribution in [3.05, 3.63) is 65.5 Å². The lowest BCUT2D eigenvalue weighted by molar-refractivity contribution is -0.132. The summed E-state index contributed by atoms with van der Waals surface area (Å²) in [5, 5.41) is 10.7. The Morgan fingerprint density at radius 1 is 1.10 bits per heavy atom. The van der Waals surface area contributed by atoms with E-state index >= 15 is 0 Å². The predicted octanol–water partition coefficient (Wildman–Crippen LogP) is 3.50. The van der Waals surface area contributed by atoms with E-state index in [9.17, 15) is 9.90 Å². The summed E-state index contributed by atoms with van der Waals surface area (Å²) in [4.78, 5) is 19.6. The summed E-state index contributed by atoms with van der Waals surface area (Å²) >= 11 is 0. The van der Waals surface area contributed by atoms with Crippen molar-refractivity contribution >= 4 is 5.91 Å². The van der Waals surface area contributed by atoms with Gasteiger partial charge in [-0.3, -0.25) is 9.78 Å². The normalized spacial score (nSPS) is 18.1. The number of fused-ring (bicyclic) bond motifs is 1. The van der Waals surface area contributed by atoms with E-state index in [0.29, 0.717) is 22.8 Å². The fourth-order valence-electron chi connectivity index (χ4n) is 3.77. The molecule has 2 aliphatic heterocycles. The molecule has 0 unspecified atom stereocenters. The Labute approximate surface area is 170 Å². The standard InChI is InChI=1S/C23H26N2O4/c1-16-9-10-24-19(13-16)18(23(27)25-11-3-2-4-12-25)6-7-20(26)17-5-8-21-22(14-17)29-15-28-21/h5-10,13-14,18,20,26H,2-4,11-12,15H2,1H3/b7-6-/t18-,20+/m1/s1. The van der Waals surface area contributed by atoms with Gasteiger partial charge in [0.25, 0.3) is 0 Å². The Morgan fingerprint density at radius 2 is 1.90 bits per heavy atom. The van der Waals surface area contributed by atoms with E-state index in [1.165, 1.54) is 0 Å². The highest BCUT2D eigenvalue weighted by Gasteiger charge is 2.26. The van der Waals surface area contributed by atoms with Gasteiger partial charge < -0.3 is 19.5 Å². The van der Waals surface area contributed by atoms with Crippen LogP contribution in [0.2, 0.25) is 0 Å². The molecule has 0 bridgehead atoms. The van der Waals surface area contributed by atoms with Gasteiger partial charge in [0.2, 0.25) is 12.7 Å². The molecule has 152 valence electrons. The summed E-state index contributed by atoms with van der Waals surface area (Å²) in [6, 6.07) is 9.20. The first kappa shape index (κ1) is 19.5. The molecule has 2 aromatic rings. The fourth-order valence-corrected chi connectivity index (χ4v) is 3.77. The Balaban J connectivity index is 1.57. The van der Waals surface area contributed by atoms with Gasteiger partial charge in [0, 0.05) is 19.3 Å². The van der Waals surface area contributed by atoms with Crippen molar-refractivity contribution in [1.29, 1.82) is 0 Å². The zero-order valence-electron chi connectivity index (χ0n) is 16.6. The molecule has 0 radical (unpaired) electrons. The molecule has 6 nitrogen and oxygen atoms in total. The number of likely N-dealkylation sites (tertiary alicyclic amines) is 1. The number of carbonyl (C=O) groups is 1. The maximum absolute atomic E-state index is 13.2. The number of nitrogens with zero attached hydrogens (tertiary/aromatic N) is 2. The van der Waals surface area contributed by atoms with Crippen molar-refractivity contribution < 1.29 is 19.4 Å². The summed E-state index contributed by atoms with van der Waals surface area (Å²) in [6.45, 7) is 3.73. The van der Waals surface area contributed by atoms with Gasteiger partial charge in [-0.25, -0.2) is 0 Å². The number of amides is 1. The van der Waals surface area contributed by atoms with Gasteiger partial charge in [-0.05, 0) is 61.6 Å². The minimum atomic E-state index is -0.856. The topological polar surface area (TPSA) is 71.9 Å². The van der Waals surface area contributed by atoms with Crippen molar-refractivity contribution in [3.8, 4) is 11.5 Å². The smallest absolute Gasteiger partial charge is 0.235 e. The van der Waals surface area contributed by atoms with Gasteiger partial charge >= 0.3 is 0 Å². The van der Waals surface area contributed by atoms with Crippen LogP contribution in [0.3, 0.4) is 0 Å². The molecule has 1 N–H and O–H groups in total. The number of ether oxygens (including phenoxy) is 2.